The summed E-state index contributed by atoms with van der Waals surface area (Å²) in [4.78, 5) is 53.6. The lowest BCUT2D eigenvalue weighted by Gasteiger charge is -2.53. The highest BCUT2D eigenvalue weighted by Gasteiger charge is 2.68. The van der Waals surface area contributed by atoms with E-state index >= 15 is 0 Å². The van der Waals surface area contributed by atoms with Gasteiger partial charge >= 0.3 is 7.12 Å². The van der Waals surface area contributed by atoms with Gasteiger partial charge in [0, 0.05) is 17.2 Å². The first-order chi connectivity index (χ1) is 22.1. The van der Waals surface area contributed by atoms with Crippen molar-refractivity contribution in [3.63, 3.8) is 0 Å². The van der Waals surface area contributed by atoms with Gasteiger partial charge in [-0.15, -0.1) is 0 Å². The van der Waals surface area contributed by atoms with E-state index in [-0.39, 0.29) is 24.4 Å². The molecule has 4 aliphatic rings. The number of amides is 2. The molecule has 1 heterocycles. The van der Waals surface area contributed by atoms with E-state index in [0.717, 1.165) is 5.56 Å². The van der Waals surface area contributed by atoms with Crippen molar-refractivity contribution in [2.24, 2.45) is 17.6 Å². The molecule has 6 atom stereocenters. The van der Waals surface area contributed by atoms with Gasteiger partial charge in [-0.05, 0) is 54.8 Å². The molecule has 6 unspecified atom stereocenters. The predicted molar refractivity (Wildman–Crippen MR) is 166 cm³/mol. The lowest BCUT2D eigenvalue weighted by molar-refractivity contribution is -0.169. The van der Waals surface area contributed by atoms with E-state index in [0.29, 0.717) is 16.7 Å². The van der Waals surface area contributed by atoms with Gasteiger partial charge in [-0.3, -0.25) is 24.1 Å². The number of Topliss-reactive ketones (excluding diaryl/α,β-unsaturated/α-hetero) is 2. The van der Waals surface area contributed by atoms with E-state index < -0.39 is 94.4 Å². The molecule has 47 heavy (non-hydrogen) atoms. The van der Waals surface area contributed by atoms with E-state index in [2.05, 4.69) is 10.6 Å². The van der Waals surface area contributed by atoms with Crippen molar-refractivity contribution in [1.82, 2.24) is 4.90 Å². The number of benzene rings is 2. The number of nitrogens with one attached hydrogen (secondary N) is 2. The highest BCUT2D eigenvalue weighted by Crippen LogP contribution is 2.56. The molecule has 1 saturated carbocycles. The van der Waals surface area contributed by atoms with Crippen LogP contribution in [0.25, 0.3) is 5.76 Å². The minimum Gasteiger partial charge on any atom is -0.508 e. The summed E-state index contributed by atoms with van der Waals surface area (Å²) >= 11 is 0. The number of primary amides is 1. The molecular formula is C31H33BN4O11. The van der Waals surface area contributed by atoms with Crippen LogP contribution < -0.4 is 21.8 Å². The van der Waals surface area contributed by atoms with Gasteiger partial charge in [-0.25, -0.2) is 0 Å². The van der Waals surface area contributed by atoms with Crippen molar-refractivity contribution < 1.29 is 54.4 Å². The fourth-order valence-corrected chi connectivity index (χ4v) is 7.43. The Bertz CT molecular complexity index is 1820. The first-order valence-electron chi connectivity index (χ1n) is 14.8. The summed E-state index contributed by atoms with van der Waals surface area (Å²) in [5.41, 5.74) is 2.65. The minimum absolute atomic E-state index is 0.00423. The number of rotatable bonds is 6. The smallest absolute Gasteiger partial charge is 0.491 e. The molecule has 6 rings (SSSR count). The van der Waals surface area contributed by atoms with Crippen LogP contribution in [0.15, 0.2) is 47.2 Å². The zero-order valence-corrected chi connectivity index (χ0v) is 25.5. The number of aromatic hydroxyl groups is 1. The summed E-state index contributed by atoms with van der Waals surface area (Å²) in [6.45, 7) is 1.53. The molecule has 2 aromatic rings. The number of ketones is 2. The number of anilines is 2. The van der Waals surface area contributed by atoms with E-state index in [1.54, 1.807) is 25.1 Å². The molecule has 2 amide bonds. The third-order valence-electron chi connectivity index (χ3n) is 9.66. The summed E-state index contributed by atoms with van der Waals surface area (Å²) < 4.78 is 5.16. The zero-order chi connectivity index (χ0) is 34.3. The van der Waals surface area contributed by atoms with Gasteiger partial charge in [0.15, 0.2) is 11.4 Å². The van der Waals surface area contributed by atoms with Crippen LogP contribution in [0.5, 0.6) is 5.75 Å². The lowest BCUT2D eigenvalue weighted by Crippen LogP contribution is -2.70. The summed E-state index contributed by atoms with van der Waals surface area (Å²) in [6.07, 6.45) is -1.71. The second-order valence-electron chi connectivity index (χ2n) is 12.5. The van der Waals surface area contributed by atoms with Crippen molar-refractivity contribution in [3.8, 4) is 5.75 Å². The standard InChI is InChI=1S/C31H33BN4O11/c1-11-14-6-7-16(34-9-17(37)35-13-5-4-12-10-47-32(46)15(12)8-13)24(38)19(14)25(39)20-18(11)26(40)22-23(36(2)3)27(41)21(30(33)44)29(43)31(22,45)28(20)42/h4-8,11,18,22-23,26,34,38-40,43,45-46H,9-10H2,1-3H3,(H2,33,44)(H,35,37). The van der Waals surface area contributed by atoms with Crippen molar-refractivity contribution in [3.05, 3.63) is 63.9 Å². The van der Waals surface area contributed by atoms with Crippen LogP contribution in [0.2, 0.25) is 0 Å². The molecule has 15 nitrogen and oxygen atoms in total. The fourth-order valence-electron chi connectivity index (χ4n) is 7.43. The normalized spacial score (nSPS) is 28.1. The number of aliphatic hydroxyl groups excluding tert-OH is 3. The maximum Gasteiger partial charge on any atom is 0.491 e. The van der Waals surface area contributed by atoms with Crippen molar-refractivity contribution in [1.29, 1.82) is 0 Å². The number of aliphatic hydroxyl groups is 4. The Balaban J connectivity index is 1.34. The number of nitrogens with zero attached hydrogens (tertiary/aromatic N) is 1. The van der Waals surface area contributed by atoms with Crippen LogP contribution >= 0.6 is 0 Å². The number of hydrogen-bond donors (Lipinski definition) is 9. The second-order valence-corrected chi connectivity index (χ2v) is 12.5. The van der Waals surface area contributed by atoms with Crippen LogP contribution in [0.4, 0.5) is 11.4 Å². The van der Waals surface area contributed by atoms with Crippen LogP contribution in [0.3, 0.4) is 0 Å². The monoisotopic (exact) mass is 648 g/mol. The minimum atomic E-state index is -3.02. The van der Waals surface area contributed by atoms with E-state index in [9.17, 15) is 49.7 Å². The number of nitrogens with two attached hydrogens (primary N) is 1. The summed E-state index contributed by atoms with van der Waals surface area (Å²) in [5, 5.41) is 72.7. The largest absolute Gasteiger partial charge is 0.508 e. The maximum atomic E-state index is 14.1. The van der Waals surface area contributed by atoms with Crippen molar-refractivity contribution >= 4 is 53.1 Å². The van der Waals surface area contributed by atoms with Gasteiger partial charge in [0.05, 0.1) is 42.5 Å². The van der Waals surface area contributed by atoms with Gasteiger partial charge < -0.3 is 51.6 Å². The molecule has 1 aliphatic heterocycles. The van der Waals surface area contributed by atoms with Gasteiger partial charge in [-0.2, -0.15) is 0 Å². The maximum absolute atomic E-state index is 14.1. The Morgan fingerprint density at radius 3 is 2.51 bits per heavy atom. The molecule has 2 aromatic carbocycles. The molecule has 246 valence electrons. The number of fused-ring (bicyclic) bond motifs is 4. The zero-order valence-electron chi connectivity index (χ0n) is 25.5. The number of phenolic OH excluding ortho intramolecular Hbond substituents is 1. The SMILES string of the molecule is CC1c2ccc(NCC(=O)Nc3ccc4c(c3)B(O)OC4)c(O)c2C(O)=C2C(=O)C3(O)C(O)=C(C(N)=O)C(=O)C(N(C)C)C3C(O)C21. The Hall–Kier alpha value is -4.74. The molecule has 0 spiro atoms. The van der Waals surface area contributed by atoms with Crippen LogP contribution in [0, 0.1) is 11.8 Å². The lowest BCUT2D eigenvalue weighted by atomic mass is 9.54. The molecular weight excluding hydrogens is 615 g/mol. The van der Waals surface area contributed by atoms with Crippen molar-refractivity contribution in [2.75, 3.05) is 31.3 Å². The Morgan fingerprint density at radius 2 is 1.85 bits per heavy atom. The van der Waals surface area contributed by atoms with Crippen LogP contribution in [-0.2, 0) is 30.4 Å². The fraction of sp³-hybridized carbons (Fsp3) is 0.355. The average molecular weight is 648 g/mol. The number of phenols is 1. The van der Waals surface area contributed by atoms with Crippen LogP contribution in [0.1, 0.15) is 29.5 Å². The Labute approximate surface area is 268 Å². The third kappa shape index (κ3) is 4.63. The molecule has 16 heteroatoms. The first kappa shape index (κ1) is 32.2. The average Bonchev–Trinajstić information content (AvgIpc) is 3.37. The molecule has 0 saturated heterocycles. The molecule has 3 aliphatic carbocycles. The number of carbonyl (C=O) groups excluding carboxylic acids is 4. The Kier molecular flexibility index (Phi) is 7.68. The molecule has 10 N–H and O–H groups in total. The molecule has 0 radical (unpaired) electrons. The number of carbonyl (C=O) groups is 4. The van der Waals surface area contributed by atoms with Gasteiger partial charge in [-0.1, -0.05) is 19.1 Å². The van der Waals surface area contributed by atoms with Gasteiger partial charge in [0.25, 0.3) is 5.91 Å². The predicted octanol–water partition coefficient (Wildman–Crippen LogP) is -1.24. The quantitative estimate of drug-likeness (QED) is 0.101. The van der Waals surface area contributed by atoms with E-state index in [4.69, 9.17) is 10.4 Å². The van der Waals surface area contributed by atoms with Crippen molar-refractivity contribution in [2.45, 2.75) is 37.2 Å². The van der Waals surface area contributed by atoms with Crippen LogP contribution in [-0.4, -0.2) is 104 Å². The van der Waals surface area contributed by atoms with E-state index in [1.807, 2.05) is 0 Å². The van der Waals surface area contributed by atoms with Gasteiger partial charge in [0.1, 0.15) is 22.8 Å². The molecule has 0 aromatic heterocycles. The Morgan fingerprint density at radius 1 is 1.15 bits per heavy atom. The topological polar surface area (TPSA) is 252 Å². The highest BCUT2D eigenvalue weighted by atomic mass is 16.5. The van der Waals surface area contributed by atoms with Gasteiger partial charge in [0.2, 0.25) is 11.7 Å². The summed E-state index contributed by atoms with van der Waals surface area (Å²) in [5.74, 6) is -10.4. The summed E-state index contributed by atoms with van der Waals surface area (Å²) in [7, 11) is 1.77. The van der Waals surface area contributed by atoms with E-state index in [1.165, 1.54) is 31.1 Å². The first-order valence-corrected chi connectivity index (χ1v) is 14.8. The third-order valence-corrected chi connectivity index (χ3v) is 9.66. The number of likely N-dealkylation sites (N-methyl/N-ethyl adjacent to an activating group) is 1. The second kappa shape index (κ2) is 11.2. The molecule has 1 fully saturated rings. The molecule has 0 bridgehead atoms. The summed E-state index contributed by atoms with van der Waals surface area (Å²) in [6, 6.07) is 6.48. The highest BCUT2D eigenvalue weighted by molar-refractivity contribution is 6.61. The number of hydrogen-bond acceptors (Lipinski definition) is 13.